The molecule has 0 spiro atoms. The first-order chi connectivity index (χ1) is 10.7. The van der Waals surface area contributed by atoms with Gasteiger partial charge >= 0.3 is 0 Å². The zero-order chi connectivity index (χ0) is 15.4. The van der Waals surface area contributed by atoms with Crippen LogP contribution in [0.4, 0.5) is 0 Å². The van der Waals surface area contributed by atoms with Crippen LogP contribution in [-0.2, 0) is 4.57 Å². The zero-order valence-electron chi connectivity index (χ0n) is 12.3. The highest BCUT2D eigenvalue weighted by Gasteiger charge is 2.29. The van der Waals surface area contributed by atoms with Gasteiger partial charge in [0, 0.05) is 15.9 Å². The van der Waals surface area contributed by atoms with Crippen molar-refractivity contribution < 1.29 is 9.30 Å². The van der Waals surface area contributed by atoms with E-state index in [1.165, 1.54) is 0 Å². The van der Waals surface area contributed by atoms with Gasteiger partial charge in [-0.15, -0.1) is 0 Å². The molecule has 3 rings (SSSR count). The average molecular weight is 308 g/mol. The van der Waals surface area contributed by atoms with Crippen molar-refractivity contribution in [3.05, 3.63) is 84.9 Å². The van der Waals surface area contributed by atoms with Gasteiger partial charge < -0.3 is 9.30 Å². The van der Waals surface area contributed by atoms with Crippen LogP contribution in [0.2, 0.25) is 0 Å². The van der Waals surface area contributed by atoms with Gasteiger partial charge in [0.1, 0.15) is 5.75 Å². The topological polar surface area (TPSA) is 26.3 Å². The summed E-state index contributed by atoms with van der Waals surface area (Å²) in [6, 6.07) is 26.8. The molecule has 3 aromatic rings. The molecule has 0 saturated carbocycles. The van der Waals surface area contributed by atoms with E-state index < -0.39 is 7.14 Å². The molecule has 0 N–H and O–H groups in total. The average Bonchev–Trinajstić information content (AvgIpc) is 2.62. The Morgan fingerprint density at radius 3 is 1.45 bits per heavy atom. The van der Waals surface area contributed by atoms with Gasteiger partial charge in [-0.1, -0.05) is 60.7 Å². The first-order valence-electron chi connectivity index (χ1n) is 7.11. The summed E-state index contributed by atoms with van der Waals surface area (Å²) in [5.41, 5.74) is 0. The van der Waals surface area contributed by atoms with Crippen LogP contribution in [0, 0.1) is 0 Å². The summed E-state index contributed by atoms with van der Waals surface area (Å²) >= 11 is 0. The Hall–Kier alpha value is -2.31. The maximum absolute atomic E-state index is 14.0. The van der Waals surface area contributed by atoms with E-state index in [2.05, 4.69) is 0 Å². The summed E-state index contributed by atoms with van der Waals surface area (Å²) in [6.07, 6.45) is 0. The molecule has 0 saturated heterocycles. The normalized spacial score (nSPS) is 11.1. The Kier molecular flexibility index (Phi) is 4.13. The third-order valence-corrected chi connectivity index (χ3v) is 6.75. The van der Waals surface area contributed by atoms with Crippen LogP contribution in [0.3, 0.4) is 0 Å². The second kappa shape index (κ2) is 6.21. The van der Waals surface area contributed by atoms with Crippen molar-refractivity contribution in [1.82, 2.24) is 0 Å². The van der Waals surface area contributed by atoms with E-state index in [-0.39, 0.29) is 0 Å². The highest BCUT2D eigenvalue weighted by atomic mass is 31.2. The molecular formula is C19H17O2P. The summed E-state index contributed by atoms with van der Waals surface area (Å²) < 4.78 is 19.2. The molecular weight excluding hydrogens is 291 g/mol. The molecule has 2 nitrogen and oxygen atoms in total. The van der Waals surface area contributed by atoms with E-state index in [9.17, 15) is 4.57 Å². The first-order valence-corrected chi connectivity index (χ1v) is 8.82. The van der Waals surface area contributed by atoms with Gasteiger partial charge in [0.15, 0.2) is 7.14 Å². The molecule has 22 heavy (non-hydrogen) atoms. The van der Waals surface area contributed by atoms with Crippen molar-refractivity contribution in [3.63, 3.8) is 0 Å². The molecule has 3 heteroatoms. The minimum atomic E-state index is -2.86. The van der Waals surface area contributed by atoms with Crippen molar-refractivity contribution >= 4 is 23.1 Å². The lowest BCUT2D eigenvalue weighted by Gasteiger charge is -2.20. The van der Waals surface area contributed by atoms with Crippen molar-refractivity contribution in [3.8, 4) is 5.75 Å². The van der Waals surface area contributed by atoms with E-state index in [4.69, 9.17) is 4.74 Å². The molecule has 0 unspecified atom stereocenters. The maximum atomic E-state index is 14.0. The van der Waals surface area contributed by atoms with Crippen LogP contribution in [-0.4, -0.2) is 7.11 Å². The van der Waals surface area contributed by atoms with Crippen LogP contribution in [0.5, 0.6) is 5.75 Å². The second-order valence-electron chi connectivity index (χ2n) is 4.98. The monoisotopic (exact) mass is 308 g/mol. The van der Waals surface area contributed by atoms with Gasteiger partial charge in [-0.2, -0.15) is 0 Å². The maximum Gasteiger partial charge on any atom is 0.171 e. The van der Waals surface area contributed by atoms with E-state index in [1.807, 2.05) is 84.9 Å². The van der Waals surface area contributed by atoms with Crippen LogP contribution in [0.1, 0.15) is 0 Å². The van der Waals surface area contributed by atoms with E-state index in [0.717, 1.165) is 21.7 Å². The third-order valence-electron chi connectivity index (χ3n) is 3.68. The lowest BCUT2D eigenvalue weighted by atomic mass is 10.3. The summed E-state index contributed by atoms with van der Waals surface area (Å²) in [5, 5.41) is 2.49. The van der Waals surface area contributed by atoms with Gasteiger partial charge in [-0.3, -0.25) is 0 Å². The van der Waals surface area contributed by atoms with Gasteiger partial charge in [-0.05, 0) is 24.3 Å². The zero-order valence-corrected chi connectivity index (χ0v) is 13.2. The number of ether oxygens (including phenoxy) is 1. The molecule has 0 aromatic heterocycles. The SMILES string of the molecule is COc1ccc(P(=O)(c2ccccc2)c2ccccc2)cc1. The quantitative estimate of drug-likeness (QED) is 0.691. The van der Waals surface area contributed by atoms with Crippen molar-refractivity contribution in [2.24, 2.45) is 0 Å². The Morgan fingerprint density at radius 2 is 1.05 bits per heavy atom. The Labute approximate surface area is 130 Å². The van der Waals surface area contributed by atoms with Crippen molar-refractivity contribution in [2.75, 3.05) is 7.11 Å². The predicted molar refractivity (Wildman–Crippen MR) is 92.4 cm³/mol. The summed E-state index contributed by atoms with van der Waals surface area (Å²) in [5.74, 6) is 0.761. The highest BCUT2D eigenvalue weighted by Crippen LogP contribution is 2.42. The lowest BCUT2D eigenvalue weighted by molar-refractivity contribution is 0.415. The molecule has 0 radical (unpaired) electrons. The third kappa shape index (κ3) is 2.58. The first kappa shape index (κ1) is 14.6. The summed E-state index contributed by atoms with van der Waals surface area (Å²) in [6.45, 7) is 0. The number of benzene rings is 3. The number of hydrogen-bond donors (Lipinski definition) is 0. The van der Waals surface area contributed by atoms with Crippen molar-refractivity contribution in [1.29, 1.82) is 0 Å². The molecule has 0 amide bonds. The van der Waals surface area contributed by atoms with E-state index in [0.29, 0.717) is 0 Å². The van der Waals surface area contributed by atoms with Crippen LogP contribution >= 0.6 is 7.14 Å². The molecule has 0 aliphatic heterocycles. The van der Waals surface area contributed by atoms with Crippen LogP contribution in [0.25, 0.3) is 0 Å². The number of rotatable bonds is 4. The molecule has 3 aromatic carbocycles. The van der Waals surface area contributed by atoms with E-state index in [1.54, 1.807) is 7.11 Å². The molecule has 0 bridgehead atoms. The Balaban J connectivity index is 2.21. The lowest BCUT2D eigenvalue weighted by Crippen LogP contribution is -2.24. The molecule has 0 fully saturated rings. The van der Waals surface area contributed by atoms with Gasteiger partial charge in [0.2, 0.25) is 0 Å². The standard InChI is InChI=1S/C19H17O2P/c1-21-16-12-14-19(15-13-16)22(20,17-8-4-2-5-9-17)18-10-6-3-7-11-18/h2-15H,1H3. The smallest absolute Gasteiger partial charge is 0.171 e. The largest absolute Gasteiger partial charge is 0.497 e. The fourth-order valence-corrected chi connectivity index (χ4v) is 5.16. The van der Waals surface area contributed by atoms with E-state index >= 15 is 0 Å². The summed E-state index contributed by atoms with van der Waals surface area (Å²) in [4.78, 5) is 0. The Bertz CT molecular complexity index is 737. The molecule has 0 aliphatic carbocycles. The van der Waals surface area contributed by atoms with Crippen LogP contribution < -0.4 is 20.7 Å². The van der Waals surface area contributed by atoms with Gasteiger partial charge in [0.05, 0.1) is 7.11 Å². The predicted octanol–water partition coefficient (Wildman–Crippen LogP) is 3.33. The molecule has 0 atom stereocenters. The molecule has 110 valence electrons. The molecule has 0 aliphatic rings. The summed E-state index contributed by atoms with van der Waals surface area (Å²) in [7, 11) is -1.23. The fourth-order valence-electron chi connectivity index (χ4n) is 2.52. The minimum absolute atomic E-state index is 0.761. The molecule has 0 heterocycles. The Morgan fingerprint density at radius 1 is 0.636 bits per heavy atom. The van der Waals surface area contributed by atoms with Gasteiger partial charge in [-0.25, -0.2) is 0 Å². The highest BCUT2D eigenvalue weighted by molar-refractivity contribution is 7.85. The fraction of sp³-hybridized carbons (Fsp3) is 0.0526. The van der Waals surface area contributed by atoms with Crippen LogP contribution in [0.15, 0.2) is 84.9 Å². The minimum Gasteiger partial charge on any atom is -0.497 e. The number of hydrogen-bond acceptors (Lipinski definition) is 2. The second-order valence-corrected chi connectivity index (χ2v) is 7.75. The van der Waals surface area contributed by atoms with Gasteiger partial charge in [0.25, 0.3) is 0 Å². The van der Waals surface area contributed by atoms with Crippen molar-refractivity contribution in [2.45, 2.75) is 0 Å². The number of methoxy groups -OCH3 is 1.